The second-order valence-corrected chi connectivity index (χ2v) is 13.5. The predicted octanol–water partition coefficient (Wildman–Crippen LogP) is 7.87. The van der Waals surface area contributed by atoms with Gasteiger partial charge in [-0.25, -0.2) is 8.42 Å². The first-order chi connectivity index (χ1) is 22.0. The summed E-state index contributed by atoms with van der Waals surface area (Å²) in [6, 6.07) is 36.5. The van der Waals surface area contributed by atoms with Gasteiger partial charge in [-0.3, -0.25) is 9.78 Å². The maximum absolute atomic E-state index is 14.0. The van der Waals surface area contributed by atoms with E-state index in [2.05, 4.69) is 10.3 Å². The Morgan fingerprint density at radius 2 is 1.24 bits per heavy atom. The van der Waals surface area contributed by atoms with Crippen LogP contribution in [-0.4, -0.2) is 29.7 Å². The van der Waals surface area contributed by atoms with Gasteiger partial charge in [0.1, 0.15) is 0 Å². The lowest BCUT2D eigenvalue weighted by Gasteiger charge is -2.23. The van der Waals surface area contributed by atoms with Crippen LogP contribution in [0.4, 0.5) is 0 Å². The molecule has 0 atom stereocenters. The lowest BCUT2D eigenvalue weighted by molar-refractivity contribution is 0.0927. The average molecular weight is 616 g/mol. The lowest BCUT2D eigenvalue weighted by atomic mass is 9.95. The van der Waals surface area contributed by atoms with Gasteiger partial charge in [-0.05, 0) is 76.6 Å². The van der Waals surface area contributed by atoms with Crippen LogP contribution in [0.15, 0.2) is 133 Å². The molecule has 0 aliphatic heterocycles. The zero-order valence-corrected chi connectivity index (χ0v) is 26.0. The molecule has 0 saturated heterocycles. The lowest BCUT2D eigenvalue weighted by Crippen LogP contribution is -2.36. The van der Waals surface area contributed by atoms with E-state index < -0.39 is 10.0 Å². The molecule has 5 aromatic rings. The maximum atomic E-state index is 14.0. The Morgan fingerprint density at radius 3 is 1.87 bits per heavy atom. The Bertz CT molecular complexity index is 1800. The highest BCUT2D eigenvalue weighted by Gasteiger charge is 2.25. The van der Waals surface area contributed by atoms with Crippen molar-refractivity contribution in [3.63, 3.8) is 0 Å². The summed E-state index contributed by atoms with van der Waals surface area (Å²) in [7, 11) is -3.81. The normalized spacial score (nSPS) is 13.9. The molecule has 1 heterocycles. The van der Waals surface area contributed by atoms with Crippen molar-refractivity contribution in [2.75, 3.05) is 0 Å². The van der Waals surface area contributed by atoms with E-state index in [1.54, 1.807) is 24.5 Å². The van der Waals surface area contributed by atoms with Crippen molar-refractivity contribution in [2.45, 2.75) is 56.1 Å². The number of rotatable bonds is 10. The van der Waals surface area contributed by atoms with E-state index in [-0.39, 0.29) is 29.9 Å². The van der Waals surface area contributed by atoms with E-state index in [1.165, 1.54) is 23.6 Å². The fraction of sp³-hybridized carbons (Fsp3) is 0.211. The molecule has 1 aliphatic rings. The van der Waals surface area contributed by atoms with Crippen LogP contribution in [0.25, 0.3) is 22.3 Å². The largest absolute Gasteiger partial charge is 0.349 e. The zero-order chi connectivity index (χ0) is 31.1. The molecular formula is C38H37N3O3S. The van der Waals surface area contributed by atoms with E-state index >= 15 is 0 Å². The first-order valence-electron chi connectivity index (χ1n) is 15.5. The molecule has 1 aliphatic carbocycles. The molecular weight excluding hydrogens is 579 g/mol. The zero-order valence-electron chi connectivity index (χ0n) is 25.2. The summed E-state index contributed by atoms with van der Waals surface area (Å²) in [5.74, 6) is -0.0200. The van der Waals surface area contributed by atoms with Crippen molar-refractivity contribution >= 4 is 15.9 Å². The summed E-state index contributed by atoms with van der Waals surface area (Å²) >= 11 is 0. The van der Waals surface area contributed by atoms with E-state index in [1.807, 2.05) is 103 Å². The summed E-state index contributed by atoms with van der Waals surface area (Å²) in [5, 5.41) is 3.17. The number of hydrogen-bond donors (Lipinski definition) is 1. The monoisotopic (exact) mass is 615 g/mol. The summed E-state index contributed by atoms with van der Waals surface area (Å²) in [4.78, 5) is 17.2. The SMILES string of the molecule is O=C(NC1CCCCC1)c1ccc(-c2ccc(CN(Cc3cccnc3)S(=O)(=O)c3ccc(-c4ccccc4)cc3)cc2)cc1. The molecule has 1 amide bonds. The highest BCUT2D eigenvalue weighted by Crippen LogP contribution is 2.27. The van der Waals surface area contributed by atoms with Crippen LogP contribution in [0.5, 0.6) is 0 Å². The number of nitrogens with one attached hydrogen (secondary N) is 1. The first-order valence-corrected chi connectivity index (χ1v) is 16.9. The molecule has 1 aromatic heterocycles. The van der Waals surface area contributed by atoms with Gasteiger partial charge in [-0.2, -0.15) is 4.31 Å². The average Bonchev–Trinajstić information content (AvgIpc) is 3.10. The van der Waals surface area contributed by atoms with Crippen LogP contribution in [0.3, 0.4) is 0 Å². The molecule has 4 aromatic carbocycles. The van der Waals surface area contributed by atoms with Gasteiger partial charge in [0.2, 0.25) is 10.0 Å². The third-order valence-electron chi connectivity index (χ3n) is 8.41. The maximum Gasteiger partial charge on any atom is 0.251 e. The van der Waals surface area contributed by atoms with Crippen molar-refractivity contribution in [3.05, 3.63) is 144 Å². The van der Waals surface area contributed by atoms with Crippen LogP contribution >= 0.6 is 0 Å². The smallest absolute Gasteiger partial charge is 0.251 e. The molecule has 0 radical (unpaired) electrons. The minimum atomic E-state index is -3.81. The summed E-state index contributed by atoms with van der Waals surface area (Å²) in [6.45, 7) is 0.404. The van der Waals surface area contributed by atoms with Crippen molar-refractivity contribution in [3.8, 4) is 22.3 Å². The highest BCUT2D eigenvalue weighted by atomic mass is 32.2. The standard InChI is InChI=1S/C38H37N3O3S/c42-38(40-36-11-5-2-6-12-36)35-19-17-33(18-20-35)32-15-13-29(14-16-32)27-41(28-30-8-7-25-39-26-30)45(43,44)37-23-21-34(22-24-37)31-9-3-1-4-10-31/h1,3-4,7-10,13-26,36H,2,5-6,11-12,27-28H2,(H,40,42). The minimum absolute atomic E-state index is 0.0200. The van der Waals surface area contributed by atoms with E-state index in [0.29, 0.717) is 5.56 Å². The molecule has 6 nitrogen and oxygen atoms in total. The van der Waals surface area contributed by atoms with Gasteiger partial charge in [0, 0.05) is 37.1 Å². The topological polar surface area (TPSA) is 79.4 Å². The highest BCUT2D eigenvalue weighted by molar-refractivity contribution is 7.89. The predicted molar refractivity (Wildman–Crippen MR) is 179 cm³/mol. The number of amides is 1. The van der Waals surface area contributed by atoms with E-state index in [9.17, 15) is 13.2 Å². The third-order valence-corrected chi connectivity index (χ3v) is 10.2. The van der Waals surface area contributed by atoms with Crippen molar-refractivity contribution in [1.82, 2.24) is 14.6 Å². The molecule has 0 spiro atoms. The second kappa shape index (κ2) is 14.0. The quantitative estimate of drug-likeness (QED) is 0.173. The number of carbonyl (C=O) groups is 1. The molecule has 45 heavy (non-hydrogen) atoms. The third kappa shape index (κ3) is 7.56. The van der Waals surface area contributed by atoms with E-state index in [4.69, 9.17) is 0 Å². The molecule has 228 valence electrons. The Morgan fingerprint density at radius 1 is 0.667 bits per heavy atom. The van der Waals surface area contributed by atoms with Crippen LogP contribution in [-0.2, 0) is 23.1 Å². The van der Waals surface area contributed by atoms with Gasteiger partial charge in [0.15, 0.2) is 0 Å². The van der Waals surface area contributed by atoms with E-state index in [0.717, 1.165) is 46.2 Å². The Labute approximate surface area is 265 Å². The molecule has 7 heteroatoms. The van der Waals surface area contributed by atoms with Crippen molar-refractivity contribution in [2.24, 2.45) is 0 Å². The number of hydrogen-bond acceptors (Lipinski definition) is 4. The van der Waals surface area contributed by atoms with Gasteiger partial charge < -0.3 is 5.32 Å². The molecule has 0 unspecified atom stereocenters. The number of pyridine rings is 1. The minimum Gasteiger partial charge on any atom is -0.349 e. The van der Waals surface area contributed by atoms with Gasteiger partial charge >= 0.3 is 0 Å². The van der Waals surface area contributed by atoms with Crippen molar-refractivity contribution in [1.29, 1.82) is 0 Å². The van der Waals surface area contributed by atoms with Crippen LogP contribution in [0.1, 0.15) is 53.6 Å². The Kier molecular flexibility index (Phi) is 9.48. The fourth-order valence-corrected chi connectivity index (χ4v) is 7.27. The fourth-order valence-electron chi connectivity index (χ4n) is 5.86. The number of aromatic nitrogens is 1. The Balaban J connectivity index is 1.18. The molecule has 1 saturated carbocycles. The second-order valence-electron chi connectivity index (χ2n) is 11.6. The van der Waals surface area contributed by atoms with Crippen LogP contribution < -0.4 is 5.32 Å². The molecule has 6 rings (SSSR count). The van der Waals surface area contributed by atoms with Crippen molar-refractivity contribution < 1.29 is 13.2 Å². The number of carbonyl (C=O) groups excluding carboxylic acids is 1. The first kappa shape index (κ1) is 30.4. The Hall–Kier alpha value is -4.59. The van der Waals surface area contributed by atoms with Gasteiger partial charge in [0.05, 0.1) is 4.90 Å². The molecule has 0 bridgehead atoms. The van der Waals surface area contributed by atoms with Gasteiger partial charge in [-0.15, -0.1) is 0 Å². The number of benzene rings is 4. The number of nitrogens with zero attached hydrogens (tertiary/aromatic N) is 2. The molecule has 1 N–H and O–H groups in total. The van der Waals surface area contributed by atoms with Crippen LogP contribution in [0.2, 0.25) is 0 Å². The number of sulfonamides is 1. The van der Waals surface area contributed by atoms with Gasteiger partial charge in [0.25, 0.3) is 5.91 Å². The summed E-state index contributed by atoms with van der Waals surface area (Å²) in [5.41, 5.74) is 6.33. The summed E-state index contributed by atoms with van der Waals surface area (Å²) in [6.07, 6.45) is 9.09. The molecule has 1 fully saturated rings. The van der Waals surface area contributed by atoms with Crippen LogP contribution in [0, 0.1) is 0 Å². The van der Waals surface area contributed by atoms with Gasteiger partial charge in [-0.1, -0.05) is 104 Å². The summed E-state index contributed by atoms with van der Waals surface area (Å²) < 4.78 is 29.4.